The van der Waals surface area contributed by atoms with Gasteiger partial charge in [0.25, 0.3) is 0 Å². The van der Waals surface area contributed by atoms with Crippen molar-refractivity contribution in [1.29, 1.82) is 0 Å². The molecule has 3 aromatic heterocycles. The number of halogens is 6. The highest BCUT2D eigenvalue weighted by Crippen LogP contribution is 2.45. The lowest BCUT2D eigenvalue weighted by Gasteiger charge is -2.19. The molecular weight excluding hydrogens is 1040 g/mol. The van der Waals surface area contributed by atoms with E-state index in [0.29, 0.717) is 39.0 Å². The number of nitrogens with zero attached hydrogens (tertiary/aromatic N) is 5. The molecule has 0 unspecified atom stereocenters. The average molecular weight is 1080 g/mol. The molecule has 0 aliphatic heterocycles. The minimum absolute atomic E-state index is 0.0269. The first-order chi connectivity index (χ1) is 39.9. The molecular formula is C71H43F6N5. The molecule has 82 heavy (non-hydrogen) atoms. The second kappa shape index (κ2) is 19.8. The normalized spacial score (nSPS) is 12.0. The van der Waals surface area contributed by atoms with Crippen LogP contribution in [-0.4, -0.2) is 24.1 Å². The van der Waals surface area contributed by atoms with Crippen LogP contribution in [0.2, 0.25) is 0 Å². The van der Waals surface area contributed by atoms with Crippen LogP contribution in [0.3, 0.4) is 0 Å². The zero-order chi connectivity index (χ0) is 55.7. The van der Waals surface area contributed by atoms with Crippen molar-refractivity contribution in [3.63, 3.8) is 0 Å². The van der Waals surface area contributed by atoms with Crippen molar-refractivity contribution in [1.82, 2.24) is 24.1 Å². The van der Waals surface area contributed by atoms with Gasteiger partial charge in [0.1, 0.15) is 0 Å². The maximum atomic E-state index is 15.3. The maximum absolute atomic E-state index is 15.3. The van der Waals surface area contributed by atoms with E-state index in [9.17, 15) is 0 Å². The zero-order valence-corrected chi connectivity index (χ0v) is 43.3. The summed E-state index contributed by atoms with van der Waals surface area (Å²) in [5.41, 5.74) is 9.52. The van der Waals surface area contributed by atoms with Gasteiger partial charge < -0.3 is 9.13 Å². The number of rotatable bonds is 9. The van der Waals surface area contributed by atoms with Gasteiger partial charge in [0.2, 0.25) is 0 Å². The van der Waals surface area contributed by atoms with Crippen molar-refractivity contribution >= 4 is 43.6 Å². The fraction of sp³-hybridized carbons (Fsp3) is 0.0282. The summed E-state index contributed by atoms with van der Waals surface area (Å²) in [4.78, 5) is 15.0. The molecule has 0 saturated carbocycles. The van der Waals surface area contributed by atoms with Gasteiger partial charge in [-0.1, -0.05) is 176 Å². The molecule has 0 aliphatic carbocycles. The Balaban J connectivity index is 1.05. The van der Waals surface area contributed by atoms with E-state index in [4.69, 9.17) is 15.0 Å². The molecule has 0 saturated heterocycles. The fourth-order valence-electron chi connectivity index (χ4n) is 11.3. The first-order valence-electron chi connectivity index (χ1n) is 26.5. The molecule has 5 nitrogen and oxygen atoms in total. The third kappa shape index (κ3) is 8.93. The maximum Gasteiger partial charge on any atom is 0.416 e. The quantitative estimate of drug-likeness (QED) is 0.135. The summed E-state index contributed by atoms with van der Waals surface area (Å²) in [6, 6.07) is 79.6. The third-order valence-electron chi connectivity index (χ3n) is 15.2. The fourth-order valence-corrected chi connectivity index (χ4v) is 11.3. The van der Waals surface area contributed by atoms with Crippen LogP contribution in [-0.2, 0) is 12.4 Å². The van der Waals surface area contributed by atoms with Crippen molar-refractivity contribution in [2.75, 3.05) is 0 Å². The first kappa shape index (κ1) is 49.9. The Labute approximate surface area is 466 Å². The predicted molar refractivity (Wildman–Crippen MR) is 317 cm³/mol. The Morgan fingerprint density at radius 2 is 0.512 bits per heavy atom. The average Bonchev–Trinajstić information content (AvgIpc) is 4.10. The molecule has 0 aliphatic rings. The molecule has 394 valence electrons. The van der Waals surface area contributed by atoms with Gasteiger partial charge in [-0.3, -0.25) is 0 Å². The molecule has 3 heterocycles. The van der Waals surface area contributed by atoms with Crippen LogP contribution in [0.5, 0.6) is 0 Å². The monoisotopic (exact) mass is 1080 g/mol. The molecule has 0 atom stereocenters. The molecule has 0 N–H and O–H groups in total. The Bertz CT molecular complexity index is 4270. The van der Waals surface area contributed by atoms with Crippen molar-refractivity contribution in [2.45, 2.75) is 12.4 Å². The minimum atomic E-state index is -4.81. The van der Waals surface area contributed by atoms with Crippen LogP contribution >= 0.6 is 0 Å². The van der Waals surface area contributed by atoms with Crippen LogP contribution in [0.15, 0.2) is 261 Å². The second-order valence-electron chi connectivity index (χ2n) is 20.2. The van der Waals surface area contributed by atoms with Crippen LogP contribution in [0.1, 0.15) is 11.1 Å². The van der Waals surface area contributed by atoms with Gasteiger partial charge in [-0.2, -0.15) is 26.3 Å². The highest BCUT2D eigenvalue weighted by Gasteiger charge is 2.34. The molecule has 0 spiro atoms. The highest BCUT2D eigenvalue weighted by molar-refractivity contribution is 6.13. The summed E-state index contributed by atoms with van der Waals surface area (Å²) >= 11 is 0. The lowest BCUT2D eigenvalue weighted by atomic mass is 10.0. The largest absolute Gasteiger partial charge is 0.416 e. The third-order valence-corrected chi connectivity index (χ3v) is 15.2. The van der Waals surface area contributed by atoms with Crippen LogP contribution in [0.25, 0.3) is 134 Å². The first-order valence-corrected chi connectivity index (χ1v) is 26.5. The van der Waals surface area contributed by atoms with Crippen molar-refractivity contribution < 1.29 is 26.3 Å². The van der Waals surface area contributed by atoms with Crippen LogP contribution < -0.4 is 0 Å². The van der Waals surface area contributed by atoms with Gasteiger partial charge in [0, 0.05) is 38.2 Å². The number of hydrogen-bond acceptors (Lipinski definition) is 3. The summed E-state index contributed by atoms with van der Waals surface area (Å²) in [6.07, 6.45) is -9.63. The Hall–Kier alpha value is -10.4. The number of hydrogen-bond donors (Lipinski definition) is 0. The topological polar surface area (TPSA) is 48.5 Å². The number of fused-ring (bicyclic) bond motifs is 6. The summed E-state index contributed by atoms with van der Waals surface area (Å²) in [6.45, 7) is 0. The molecule has 14 rings (SSSR count). The number of benzene rings is 11. The second-order valence-corrected chi connectivity index (χ2v) is 20.2. The predicted octanol–water partition coefficient (Wildman–Crippen LogP) is 19.8. The highest BCUT2D eigenvalue weighted by atomic mass is 19.4. The molecule has 11 heteroatoms. The van der Waals surface area contributed by atoms with Crippen molar-refractivity contribution in [3.8, 4) is 90.0 Å². The smallest absolute Gasteiger partial charge is 0.309 e. The van der Waals surface area contributed by atoms with E-state index in [1.807, 2.05) is 179 Å². The summed E-state index contributed by atoms with van der Waals surface area (Å²) in [5.74, 6) is -0.337. The summed E-state index contributed by atoms with van der Waals surface area (Å²) in [5, 5.41) is 3.36. The van der Waals surface area contributed by atoms with Gasteiger partial charge >= 0.3 is 12.4 Å². The molecule has 0 bridgehead atoms. The van der Waals surface area contributed by atoms with Gasteiger partial charge in [-0.05, 0) is 129 Å². The molecule has 0 radical (unpaired) electrons. The lowest BCUT2D eigenvalue weighted by Crippen LogP contribution is -2.10. The number of aromatic nitrogens is 5. The standard InChI is InChI=1S/C71H43F6N5/c72-70(73,74)53-30-36-65(81-61-32-26-49(44-16-6-1-7-17-44)38-55(61)56-39-50(27-33-62(56)81)45-18-8-2-9-19-45)59(42-53)68-78-67(48-24-14-5-15-25-48)79-69(80-68)60-43-54(71(75,76)77)31-37-66(60)82-63-34-28-51(46-20-10-3-11-21-46)40-57(63)58-41-52(29-35-64(58)82)47-22-12-4-13-23-47/h1-43H. The van der Waals surface area contributed by atoms with E-state index in [2.05, 4.69) is 24.3 Å². The van der Waals surface area contributed by atoms with Gasteiger partial charge in [0.05, 0.1) is 44.6 Å². The summed E-state index contributed by atoms with van der Waals surface area (Å²) < 4.78 is 95.4. The molecule has 0 amide bonds. The van der Waals surface area contributed by atoms with E-state index < -0.39 is 23.5 Å². The molecule has 0 fully saturated rings. The van der Waals surface area contributed by atoms with E-state index in [1.165, 1.54) is 12.1 Å². The van der Waals surface area contributed by atoms with Crippen molar-refractivity contribution in [2.24, 2.45) is 0 Å². The SMILES string of the molecule is FC(F)(F)c1ccc(-n2c3ccc(-c4ccccc4)cc3c3cc(-c4ccccc4)ccc32)c(-c2nc(-c3ccccc3)nc(-c3cc(C(F)(F)F)ccc3-n3c4ccc(-c5ccccc5)cc4c4cc(-c5ccccc5)ccc43)n2)c1. The minimum Gasteiger partial charge on any atom is -0.309 e. The Morgan fingerprint density at radius 1 is 0.244 bits per heavy atom. The van der Waals surface area contributed by atoms with Crippen molar-refractivity contribution in [3.05, 3.63) is 272 Å². The van der Waals surface area contributed by atoms with E-state index in [-0.39, 0.29) is 28.6 Å². The zero-order valence-electron chi connectivity index (χ0n) is 43.3. The van der Waals surface area contributed by atoms with Crippen LogP contribution in [0.4, 0.5) is 26.3 Å². The van der Waals surface area contributed by atoms with E-state index in [1.54, 1.807) is 30.3 Å². The van der Waals surface area contributed by atoms with Gasteiger partial charge in [-0.25, -0.2) is 15.0 Å². The summed E-state index contributed by atoms with van der Waals surface area (Å²) in [7, 11) is 0. The van der Waals surface area contributed by atoms with Gasteiger partial charge in [-0.15, -0.1) is 0 Å². The van der Waals surface area contributed by atoms with Crippen LogP contribution in [0, 0.1) is 0 Å². The Kier molecular flexibility index (Phi) is 12.0. The van der Waals surface area contributed by atoms with E-state index >= 15 is 26.3 Å². The lowest BCUT2D eigenvalue weighted by molar-refractivity contribution is -0.138. The number of alkyl halides is 6. The van der Waals surface area contributed by atoms with E-state index in [0.717, 1.165) is 90.3 Å². The Morgan fingerprint density at radius 3 is 0.793 bits per heavy atom. The molecule has 11 aromatic carbocycles. The molecule has 14 aromatic rings. The van der Waals surface area contributed by atoms with Gasteiger partial charge in [0.15, 0.2) is 17.5 Å².